The van der Waals surface area contributed by atoms with E-state index in [1.165, 1.54) is 0 Å². The number of carbonyl (C=O) groups excluding carboxylic acids is 1. The zero-order valence-electron chi connectivity index (χ0n) is 8.50. The molecule has 0 saturated heterocycles. The molecule has 0 aliphatic carbocycles. The summed E-state index contributed by atoms with van der Waals surface area (Å²) in [5.41, 5.74) is 7.23. The Morgan fingerprint density at radius 1 is 1.79 bits per heavy atom. The van der Waals surface area contributed by atoms with Crippen LogP contribution in [0, 0.1) is 6.92 Å². The second-order valence-electron chi connectivity index (χ2n) is 3.47. The largest absolute Gasteiger partial charge is 0.370 e. The summed E-state index contributed by atoms with van der Waals surface area (Å²) < 4.78 is 0. The summed E-state index contributed by atoms with van der Waals surface area (Å²) in [5.74, 6) is -0.283. The molecule has 1 aromatic heterocycles. The number of nitrogens with one attached hydrogen (secondary N) is 2. The second-order valence-corrected chi connectivity index (χ2v) is 3.47. The van der Waals surface area contributed by atoms with Crippen molar-refractivity contribution in [2.45, 2.75) is 32.9 Å². The fraction of sp³-hybridized carbons (Fsp3) is 0.556. The molecule has 78 valence electrons. The van der Waals surface area contributed by atoms with Gasteiger partial charge in [-0.1, -0.05) is 0 Å². The highest BCUT2D eigenvalue weighted by molar-refractivity contribution is 5.74. The lowest BCUT2D eigenvalue weighted by Crippen LogP contribution is -2.30. The summed E-state index contributed by atoms with van der Waals surface area (Å²) in [6, 6.07) is 0.0989. The van der Waals surface area contributed by atoms with E-state index >= 15 is 0 Å². The van der Waals surface area contributed by atoms with Crippen LogP contribution >= 0.6 is 0 Å². The Labute approximate surface area is 83.1 Å². The number of primary amides is 1. The number of carbonyl (C=O) groups is 1. The van der Waals surface area contributed by atoms with E-state index in [2.05, 4.69) is 15.5 Å². The van der Waals surface area contributed by atoms with Crippen molar-refractivity contribution in [2.75, 3.05) is 0 Å². The number of hydrogen-bond donors (Lipinski definition) is 3. The van der Waals surface area contributed by atoms with E-state index in [4.69, 9.17) is 5.73 Å². The zero-order valence-corrected chi connectivity index (χ0v) is 8.50. The first-order valence-corrected chi connectivity index (χ1v) is 4.60. The summed E-state index contributed by atoms with van der Waals surface area (Å²) in [6.45, 7) is 4.60. The van der Waals surface area contributed by atoms with E-state index in [0.29, 0.717) is 13.0 Å². The summed E-state index contributed by atoms with van der Waals surface area (Å²) in [5, 5.41) is 9.95. The fourth-order valence-corrected chi connectivity index (χ4v) is 1.21. The van der Waals surface area contributed by atoms with Crippen molar-refractivity contribution in [3.63, 3.8) is 0 Å². The Morgan fingerprint density at radius 3 is 3.00 bits per heavy atom. The lowest BCUT2D eigenvalue weighted by Gasteiger charge is -2.10. The van der Waals surface area contributed by atoms with E-state index < -0.39 is 0 Å². The van der Waals surface area contributed by atoms with Gasteiger partial charge in [-0.05, 0) is 13.8 Å². The molecule has 0 aromatic carbocycles. The Morgan fingerprint density at radius 2 is 2.50 bits per heavy atom. The highest BCUT2D eigenvalue weighted by atomic mass is 16.1. The van der Waals surface area contributed by atoms with Crippen molar-refractivity contribution in [2.24, 2.45) is 5.73 Å². The minimum atomic E-state index is -0.283. The lowest BCUT2D eigenvalue weighted by molar-refractivity contribution is -0.118. The van der Waals surface area contributed by atoms with E-state index in [1.54, 1.807) is 6.20 Å². The van der Waals surface area contributed by atoms with Gasteiger partial charge in [-0.15, -0.1) is 0 Å². The average Bonchev–Trinajstić information content (AvgIpc) is 2.46. The molecular formula is C9H16N4O. The first-order valence-electron chi connectivity index (χ1n) is 4.60. The molecule has 5 heteroatoms. The topological polar surface area (TPSA) is 83.8 Å². The molecule has 1 aromatic rings. The third kappa shape index (κ3) is 3.18. The molecule has 0 fully saturated rings. The van der Waals surface area contributed by atoms with Crippen molar-refractivity contribution >= 4 is 5.91 Å². The van der Waals surface area contributed by atoms with Gasteiger partial charge >= 0.3 is 0 Å². The minimum Gasteiger partial charge on any atom is -0.370 e. The third-order valence-electron chi connectivity index (χ3n) is 2.08. The van der Waals surface area contributed by atoms with E-state index in [9.17, 15) is 4.79 Å². The van der Waals surface area contributed by atoms with Crippen LogP contribution in [0.4, 0.5) is 0 Å². The zero-order chi connectivity index (χ0) is 10.6. The van der Waals surface area contributed by atoms with E-state index in [1.807, 2.05) is 13.8 Å². The molecule has 1 heterocycles. The SMILES string of the molecule is Cc1[nH]ncc1CNC(C)CC(N)=O. The van der Waals surface area contributed by atoms with Gasteiger partial charge in [0.05, 0.1) is 6.20 Å². The van der Waals surface area contributed by atoms with Crippen molar-refractivity contribution in [3.8, 4) is 0 Å². The number of rotatable bonds is 5. The number of aromatic nitrogens is 2. The van der Waals surface area contributed by atoms with Gasteiger partial charge in [0.15, 0.2) is 0 Å². The number of nitrogens with two attached hydrogens (primary N) is 1. The normalized spacial score (nSPS) is 12.7. The Bertz CT molecular complexity index is 308. The number of hydrogen-bond acceptors (Lipinski definition) is 3. The first kappa shape index (κ1) is 10.7. The molecule has 0 bridgehead atoms. The van der Waals surface area contributed by atoms with E-state index in [0.717, 1.165) is 11.3 Å². The maximum absolute atomic E-state index is 10.6. The predicted molar refractivity (Wildman–Crippen MR) is 53.4 cm³/mol. The minimum absolute atomic E-state index is 0.0989. The molecule has 5 nitrogen and oxygen atoms in total. The number of aryl methyl sites for hydroxylation is 1. The average molecular weight is 196 g/mol. The fourth-order valence-electron chi connectivity index (χ4n) is 1.21. The molecule has 1 rings (SSSR count). The van der Waals surface area contributed by atoms with Crippen molar-refractivity contribution < 1.29 is 4.79 Å². The molecule has 0 aliphatic rings. The molecule has 4 N–H and O–H groups in total. The van der Waals surface area contributed by atoms with Crippen LogP contribution in [0.2, 0.25) is 0 Å². The summed E-state index contributed by atoms with van der Waals surface area (Å²) in [6.07, 6.45) is 2.14. The monoisotopic (exact) mass is 196 g/mol. The highest BCUT2D eigenvalue weighted by Crippen LogP contribution is 2.02. The van der Waals surface area contributed by atoms with Crippen LogP contribution in [0.25, 0.3) is 0 Å². The van der Waals surface area contributed by atoms with Crippen molar-refractivity contribution in [1.82, 2.24) is 15.5 Å². The summed E-state index contributed by atoms with van der Waals surface area (Å²) in [4.78, 5) is 10.6. The number of aromatic amines is 1. The molecule has 1 unspecified atom stereocenters. The van der Waals surface area contributed by atoms with Gasteiger partial charge in [-0.2, -0.15) is 5.10 Å². The summed E-state index contributed by atoms with van der Waals surface area (Å²) >= 11 is 0. The van der Waals surface area contributed by atoms with Gasteiger partial charge in [-0.3, -0.25) is 9.89 Å². The van der Waals surface area contributed by atoms with Crippen LogP contribution in [-0.2, 0) is 11.3 Å². The van der Waals surface area contributed by atoms with Crippen molar-refractivity contribution in [1.29, 1.82) is 0 Å². The number of H-pyrrole nitrogens is 1. The lowest BCUT2D eigenvalue weighted by atomic mass is 10.2. The highest BCUT2D eigenvalue weighted by Gasteiger charge is 2.06. The van der Waals surface area contributed by atoms with Gasteiger partial charge < -0.3 is 11.1 Å². The molecule has 0 spiro atoms. The first-order chi connectivity index (χ1) is 6.59. The molecule has 1 atom stereocenters. The smallest absolute Gasteiger partial charge is 0.218 e. The standard InChI is InChI=1S/C9H16N4O/c1-6(3-9(10)14)11-4-8-5-12-13-7(8)2/h5-6,11H,3-4H2,1-2H3,(H2,10,14)(H,12,13). The molecule has 1 amide bonds. The Balaban J connectivity index is 2.34. The van der Waals surface area contributed by atoms with Gasteiger partial charge in [-0.25, -0.2) is 0 Å². The number of nitrogens with zero attached hydrogens (tertiary/aromatic N) is 1. The van der Waals surface area contributed by atoms with Crippen LogP contribution in [0.5, 0.6) is 0 Å². The maximum Gasteiger partial charge on any atom is 0.218 e. The molecular weight excluding hydrogens is 180 g/mol. The van der Waals surface area contributed by atoms with Crippen LogP contribution in [0.15, 0.2) is 6.20 Å². The Hall–Kier alpha value is -1.36. The van der Waals surface area contributed by atoms with Gasteiger partial charge in [0.25, 0.3) is 0 Å². The van der Waals surface area contributed by atoms with E-state index in [-0.39, 0.29) is 11.9 Å². The molecule has 0 radical (unpaired) electrons. The molecule has 0 saturated carbocycles. The quantitative estimate of drug-likeness (QED) is 0.623. The van der Waals surface area contributed by atoms with Gasteiger partial charge in [0.1, 0.15) is 0 Å². The second kappa shape index (κ2) is 4.76. The van der Waals surface area contributed by atoms with Gasteiger partial charge in [0.2, 0.25) is 5.91 Å². The molecule has 0 aliphatic heterocycles. The van der Waals surface area contributed by atoms with Crippen LogP contribution < -0.4 is 11.1 Å². The third-order valence-corrected chi connectivity index (χ3v) is 2.08. The maximum atomic E-state index is 10.6. The summed E-state index contributed by atoms with van der Waals surface area (Å²) in [7, 11) is 0. The van der Waals surface area contributed by atoms with Crippen molar-refractivity contribution in [3.05, 3.63) is 17.5 Å². The van der Waals surface area contributed by atoms with Crippen LogP contribution in [-0.4, -0.2) is 22.1 Å². The Kier molecular flexibility index (Phi) is 3.64. The number of amides is 1. The van der Waals surface area contributed by atoms with Crippen LogP contribution in [0.1, 0.15) is 24.6 Å². The van der Waals surface area contributed by atoms with Crippen LogP contribution in [0.3, 0.4) is 0 Å². The predicted octanol–water partition coefficient (Wildman–Crippen LogP) is 0.0716. The molecule has 14 heavy (non-hydrogen) atoms. The van der Waals surface area contributed by atoms with Gasteiger partial charge in [0, 0.05) is 30.3 Å².